The van der Waals surface area contributed by atoms with Gasteiger partial charge in [-0.3, -0.25) is 9.89 Å². The Bertz CT molecular complexity index is 1350. The van der Waals surface area contributed by atoms with E-state index in [9.17, 15) is 9.90 Å². The van der Waals surface area contributed by atoms with Crippen LogP contribution in [0, 0.1) is 0 Å². The van der Waals surface area contributed by atoms with Crippen LogP contribution in [0.5, 0.6) is 5.75 Å². The first-order valence-electron chi connectivity index (χ1n) is 11.3. The number of nitrogens with one attached hydrogen (secondary N) is 1. The van der Waals surface area contributed by atoms with Gasteiger partial charge in [0.25, 0.3) is 5.91 Å². The van der Waals surface area contributed by atoms with Crippen LogP contribution in [0.15, 0.2) is 72.8 Å². The van der Waals surface area contributed by atoms with Crippen LogP contribution in [-0.2, 0) is 12.0 Å². The second-order valence-corrected chi connectivity index (χ2v) is 10.2. The fourth-order valence-corrected chi connectivity index (χ4v) is 4.73. The van der Waals surface area contributed by atoms with Crippen LogP contribution in [0.3, 0.4) is 0 Å². The molecule has 5 rings (SSSR count). The summed E-state index contributed by atoms with van der Waals surface area (Å²) in [6.07, 6.45) is 0. The third-order valence-electron chi connectivity index (χ3n) is 6.37. The Balaban J connectivity index is 1.66. The van der Waals surface area contributed by atoms with Gasteiger partial charge in [0.2, 0.25) is 0 Å². The van der Waals surface area contributed by atoms with Crippen LogP contribution in [0.4, 0.5) is 0 Å². The van der Waals surface area contributed by atoms with Crippen LogP contribution >= 0.6 is 11.6 Å². The molecule has 34 heavy (non-hydrogen) atoms. The highest BCUT2D eigenvalue weighted by Crippen LogP contribution is 2.45. The number of aromatic amines is 1. The van der Waals surface area contributed by atoms with E-state index in [1.165, 1.54) is 5.56 Å². The first kappa shape index (κ1) is 22.2. The zero-order chi connectivity index (χ0) is 24.0. The lowest BCUT2D eigenvalue weighted by Crippen LogP contribution is -2.29. The lowest BCUT2D eigenvalue weighted by Gasteiger charge is -2.27. The smallest absolute Gasteiger partial charge is 0.273 e. The Hall–Kier alpha value is -3.57. The number of halogens is 1. The van der Waals surface area contributed by atoms with E-state index in [0.29, 0.717) is 28.5 Å². The summed E-state index contributed by atoms with van der Waals surface area (Å²) in [6, 6.07) is 22.8. The molecule has 4 aromatic rings. The molecule has 6 heteroatoms. The molecule has 172 valence electrons. The maximum absolute atomic E-state index is 13.6. The average Bonchev–Trinajstić information content (AvgIpc) is 3.35. The number of nitrogens with zero attached hydrogens (tertiary/aromatic N) is 2. The molecule has 0 radical (unpaired) electrons. The summed E-state index contributed by atoms with van der Waals surface area (Å²) in [5.74, 6) is -0.0569. The summed E-state index contributed by atoms with van der Waals surface area (Å²) >= 11 is 6.24. The number of hydrogen-bond acceptors (Lipinski definition) is 3. The average molecular weight is 472 g/mol. The molecule has 1 unspecified atom stereocenters. The summed E-state index contributed by atoms with van der Waals surface area (Å²) < 4.78 is 0. The molecular weight excluding hydrogens is 446 g/mol. The number of fused-ring (bicyclic) bond motifs is 1. The molecule has 0 fully saturated rings. The third-order valence-corrected chi connectivity index (χ3v) is 6.60. The molecule has 2 heterocycles. The lowest BCUT2D eigenvalue weighted by atomic mass is 9.85. The second kappa shape index (κ2) is 8.33. The lowest BCUT2D eigenvalue weighted by molar-refractivity contribution is 0.0730. The Morgan fingerprint density at radius 3 is 2.41 bits per heavy atom. The van der Waals surface area contributed by atoms with Crippen molar-refractivity contribution in [2.75, 3.05) is 0 Å². The van der Waals surface area contributed by atoms with Gasteiger partial charge < -0.3 is 10.0 Å². The fourth-order valence-electron chi connectivity index (χ4n) is 4.56. The maximum atomic E-state index is 13.6. The van der Waals surface area contributed by atoms with E-state index < -0.39 is 0 Å². The zero-order valence-corrected chi connectivity index (χ0v) is 20.1. The number of aromatic nitrogens is 2. The summed E-state index contributed by atoms with van der Waals surface area (Å²) in [7, 11) is 0. The molecule has 3 aromatic carbocycles. The highest BCUT2D eigenvalue weighted by molar-refractivity contribution is 6.31. The van der Waals surface area contributed by atoms with Crippen LogP contribution < -0.4 is 0 Å². The monoisotopic (exact) mass is 471 g/mol. The number of H-pyrrole nitrogens is 1. The molecule has 0 bridgehead atoms. The highest BCUT2D eigenvalue weighted by atomic mass is 35.5. The first-order chi connectivity index (χ1) is 16.2. The number of carbonyl (C=O) groups excluding carboxylic acids is 1. The molecule has 1 atom stereocenters. The number of rotatable bonds is 4. The van der Waals surface area contributed by atoms with E-state index in [4.69, 9.17) is 11.6 Å². The van der Waals surface area contributed by atoms with Crippen molar-refractivity contribution < 1.29 is 9.90 Å². The summed E-state index contributed by atoms with van der Waals surface area (Å²) in [4.78, 5) is 15.4. The van der Waals surface area contributed by atoms with Gasteiger partial charge in [-0.15, -0.1) is 0 Å². The number of benzene rings is 3. The predicted octanol–water partition coefficient (Wildman–Crippen LogP) is 6.48. The van der Waals surface area contributed by atoms with Gasteiger partial charge in [-0.05, 0) is 40.3 Å². The normalized spacial score (nSPS) is 15.6. The van der Waals surface area contributed by atoms with Crippen LogP contribution in [0.2, 0.25) is 5.02 Å². The number of carbonyl (C=O) groups is 1. The molecule has 1 aliphatic rings. The molecular formula is C28H26ClN3O2. The molecule has 1 aliphatic heterocycles. The summed E-state index contributed by atoms with van der Waals surface area (Å²) in [5, 5.41) is 18.4. The largest absolute Gasteiger partial charge is 0.507 e. The molecule has 5 nitrogen and oxygen atoms in total. The Labute approximate surface area is 204 Å². The minimum absolute atomic E-state index is 0.0201. The Morgan fingerprint density at radius 1 is 1.03 bits per heavy atom. The minimum atomic E-state index is -0.358. The summed E-state index contributed by atoms with van der Waals surface area (Å²) in [6.45, 7) is 6.99. The van der Waals surface area contributed by atoms with Crippen LogP contribution in [0.1, 0.15) is 59.6 Å². The molecule has 0 saturated carbocycles. The number of aromatic hydroxyl groups is 1. The molecule has 2 N–H and O–H groups in total. The van der Waals surface area contributed by atoms with Crippen molar-refractivity contribution >= 4 is 17.5 Å². The van der Waals surface area contributed by atoms with Gasteiger partial charge in [-0.1, -0.05) is 87.0 Å². The van der Waals surface area contributed by atoms with Crippen molar-refractivity contribution in [2.45, 2.75) is 38.8 Å². The van der Waals surface area contributed by atoms with E-state index in [2.05, 4.69) is 55.2 Å². The summed E-state index contributed by atoms with van der Waals surface area (Å²) in [5.41, 5.74) is 5.48. The van der Waals surface area contributed by atoms with Gasteiger partial charge in [0.1, 0.15) is 17.1 Å². The third kappa shape index (κ3) is 3.86. The molecule has 0 spiro atoms. The quantitative estimate of drug-likeness (QED) is 0.358. The van der Waals surface area contributed by atoms with Crippen molar-refractivity contribution in [2.24, 2.45) is 0 Å². The second-order valence-electron chi connectivity index (χ2n) is 9.72. The van der Waals surface area contributed by atoms with Crippen molar-refractivity contribution in [3.63, 3.8) is 0 Å². The fraction of sp³-hybridized carbons (Fsp3) is 0.214. The number of amides is 1. The van der Waals surface area contributed by atoms with Crippen molar-refractivity contribution in [3.05, 3.63) is 106 Å². The SMILES string of the molecule is CC(C)(C)c1ccc(C2c3c(-c4cc(Cl)ccc4O)n[nH]c3C(=O)N2Cc2ccccc2)cc1. The standard InChI is InChI=1S/C28H26ClN3O2/c1-28(2,3)19-11-9-18(10-12-19)26-23-24(21-15-20(29)13-14-22(21)33)30-31-25(23)27(34)32(26)16-17-7-5-4-6-8-17/h4-15,26,33H,16H2,1-3H3,(H,30,31). The maximum Gasteiger partial charge on any atom is 0.273 e. The van der Waals surface area contributed by atoms with Gasteiger partial charge in [-0.25, -0.2) is 0 Å². The molecule has 0 aliphatic carbocycles. The van der Waals surface area contributed by atoms with Gasteiger partial charge >= 0.3 is 0 Å². The molecule has 0 saturated heterocycles. The van der Waals surface area contributed by atoms with Crippen LogP contribution in [0.25, 0.3) is 11.3 Å². The van der Waals surface area contributed by atoms with Crippen LogP contribution in [-0.4, -0.2) is 26.1 Å². The number of hydrogen-bond donors (Lipinski definition) is 2. The highest BCUT2D eigenvalue weighted by Gasteiger charge is 2.42. The number of phenolic OH excluding ortho intramolecular Hbond substituents is 1. The minimum Gasteiger partial charge on any atom is -0.507 e. The van der Waals surface area contributed by atoms with Gasteiger partial charge in [0.15, 0.2) is 0 Å². The molecule has 1 amide bonds. The zero-order valence-electron chi connectivity index (χ0n) is 19.3. The van der Waals surface area contributed by atoms with Gasteiger partial charge in [-0.2, -0.15) is 5.10 Å². The van der Waals surface area contributed by atoms with E-state index in [-0.39, 0.29) is 23.1 Å². The predicted molar refractivity (Wildman–Crippen MR) is 134 cm³/mol. The number of phenols is 1. The first-order valence-corrected chi connectivity index (χ1v) is 11.6. The van der Waals surface area contributed by atoms with E-state index in [0.717, 1.165) is 16.7 Å². The van der Waals surface area contributed by atoms with Gasteiger partial charge in [0.05, 0.1) is 6.04 Å². The van der Waals surface area contributed by atoms with Crippen molar-refractivity contribution in [3.8, 4) is 17.0 Å². The van der Waals surface area contributed by atoms with E-state index in [1.54, 1.807) is 18.2 Å². The van der Waals surface area contributed by atoms with Crippen molar-refractivity contribution in [1.82, 2.24) is 15.1 Å². The van der Waals surface area contributed by atoms with E-state index >= 15 is 0 Å². The molecule has 1 aromatic heterocycles. The Morgan fingerprint density at radius 2 is 1.74 bits per heavy atom. The topological polar surface area (TPSA) is 69.2 Å². The van der Waals surface area contributed by atoms with E-state index in [1.807, 2.05) is 35.2 Å². The Kier molecular flexibility index (Phi) is 5.45. The van der Waals surface area contributed by atoms with Gasteiger partial charge in [0, 0.05) is 22.7 Å². The van der Waals surface area contributed by atoms with Crippen molar-refractivity contribution in [1.29, 1.82) is 0 Å².